The highest BCUT2D eigenvalue weighted by atomic mass is 79.9. The molecule has 0 spiro atoms. The molecule has 0 bridgehead atoms. The highest BCUT2D eigenvalue weighted by molar-refractivity contribution is 9.10. The molecule has 1 aromatic heterocycles. The van der Waals surface area contributed by atoms with Gasteiger partial charge in [0.05, 0.1) is 0 Å². The van der Waals surface area contributed by atoms with Crippen molar-refractivity contribution < 1.29 is 4.79 Å². The Morgan fingerprint density at radius 1 is 1.53 bits per heavy atom. The maximum absolute atomic E-state index is 11.4. The van der Waals surface area contributed by atoms with Crippen LogP contribution in [0.3, 0.4) is 0 Å². The summed E-state index contributed by atoms with van der Waals surface area (Å²) < 4.78 is 0.751. The number of carbonyl (C=O) groups is 1. The van der Waals surface area contributed by atoms with Crippen LogP contribution in [-0.2, 0) is 4.79 Å². The lowest BCUT2D eigenvalue weighted by Gasteiger charge is -2.13. The molecular weight excluding hydrogens is 284 g/mol. The molecule has 0 aliphatic heterocycles. The van der Waals surface area contributed by atoms with Gasteiger partial charge in [0.1, 0.15) is 22.3 Å². The van der Waals surface area contributed by atoms with Crippen molar-refractivity contribution in [2.24, 2.45) is 0 Å². The van der Waals surface area contributed by atoms with E-state index in [9.17, 15) is 4.79 Å². The van der Waals surface area contributed by atoms with Crippen LogP contribution in [0.15, 0.2) is 10.7 Å². The quantitative estimate of drug-likeness (QED) is 0.830. The molecule has 1 atom stereocenters. The van der Waals surface area contributed by atoms with Gasteiger partial charge in [0.15, 0.2) is 0 Å². The van der Waals surface area contributed by atoms with Crippen molar-refractivity contribution >= 4 is 27.7 Å². The predicted molar refractivity (Wildman–Crippen MR) is 68.9 cm³/mol. The Labute approximate surface area is 109 Å². The van der Waals surface area contributed by atoms with Crippen LogP contribution in [0.4, 0.5) is 5.82 Å². The van der Waals surface area contributed by atoms with Crippen LogP contribution < -0.4 is 10.6 Å². The summed E-state index contributed by atoms with van der Waals surface area (Å²) in [5, 5.41) is 5.66. The van der Waals surface area contributed by atoms with E-state index in [0.717, 1.165) is 23.3 Å². The second-order valence-electron chi connectivity index (χ2n) is 4.19. The van der Waals surface area contributed by atoms with E-state index in [-0.39, 0.29) is 11.9 Å². The van der Waals surface area contributed by atoms with Gasteiger partial charge >= 0.3 is 0 Å². The molecule has 1 unspecified atom stereocenters. The first-order valence-corrected chi connectivity index (χ1v) is 6.42. The van der Waals surface area contributed by atoms with E-state index >= 15 is 0 Å². The normalized spacial score (nSPS) is 16.4. The van der Waals surface area contributed by atoms with Crippen molar-refractivity contribution in [2.45, 2.75) is 31.7 Å². The van der Waals surface area contributed by atoms with Gasteiger partial charge in [-0.2, -0.15) is 0 Å². The molecule has 1 fully saturated rings. The van der Waals surface area contributed by atoms with Gasteiger partial charge in [0.25, 0.3) is 0 Å². The van der Waals surface area contributed by atoms with Gasteiger partial charge in [-0.15, -0.1) is 0 Å². The summed E-state index contributed by atoms with van der Waals surface area (Å²) >= 11 is 3.36. The minimum absolute atomic E-state index is 0.0623. The standard InChI is InChI=1S/C11H15BrN4O/c1-6(11(17)13-2)14-9-5-8(12)15-10(16-9)7-3-4-7/h5-7H,3-4H2,1-2H3,(H,13,17)(H,14,15,16). The Hall–Kier alpha value is -1.17. The maximum atomic E-state index is 11.4. The predicted octanol–water partition coefficient (Wildman–Crippen LogP) is 1.66. The van der Waals surface area contributed by atoms with E-state index in [4.69, 9.17) is 0 Å². The first-order valence-electron chi connectivity index (χ1n) is 5.62. The van der Waals surface area contributed by atoms with Crippen molar-refractivity contribution in [3.63, 3.8) is 0 Å². The van der Waals surface area contributed by atoms with Gasteiger partial charge in [-0.05, 0) is 35.7 Å². The maximum Gasteiger partial charge on any atom is 0.241 e. The summed E-state index contributed by atoms with van der Waals surface area (Å²) in [5.41, 5.74) is 0. The average Bonchev–Trinajstić information content (AvgIpc) is 3.10. The molecular formula is C11H15BrN4O. The lowest BCUT2D eigenvalue weighted by atomic mass is 10.3. The Morgan fingerprint density at radius 3 is 2.82 bits per heavy atom. The fourth-order valence-electron chi connectivity index (χ4n) is 1.54. The van der Waals surface area contributed by atoms with E-state index in [2.05, 4.69) is 36.5 Å². The first kappa shape index (κ1) is 12.3. The van der Waals surface area contributed by atoms with Crippen LogP contribution in [0.2, 0.25) is 0 Å². The molecule has 17 heavy (non-hydrogen) atoms. The number of carbonyl (C=O) groups excluding carboxylic acids is 1. The zero-order valence-corrected chi connectivity index (χ0v) is 11.4. The summed E-state index contributed by atoms with van der Waals surface area (Å²) in [4.78, 5) is 20.2. The number of aromatic nitrogens is 2. The lowest BCUT2D eigenvalue weighted by molar-refractivity contribution is -0.121. The average molecular weight is 299 g/mol. The molecule has 1 heterocycles. The van der Waals surface area contributed by atoms with Crippen molar-refractivity contribution in [2.75, 3.05) is 12.4 Å². The van der Waals surface area contributed by atoms with Crippen LogP contribution >= 0.6 is 15.9 Å². The first-order chi connectivity index (χ1) is 8.10. The van der Waals surface area contributed by atoms with Gasteiger partial charge in [0, 0.05) is 19.0 Å². The molecule has 2 rings (SSSR count). The summed E-state index contributed by atoms with van der Waals surface area (Å²) in [7, 11) is 1.62. The molecule has 92 valence electrons. The number of nitrogens with zero attached hydrogens (tertiary/aromatic N) is 2. The van der Waals surface area contributed by atoms with E-state index in [1.165, 1.54) is 0 Å². The molecule has 1 aliphatic carbocycles. The van der Waals surface area contributed by atoms with E-state index < -0.39 is 0 Å². The molecule has 5 nitrogen and oxygen atoms in total. The van der Waals surface area contributed by atoms with Crippen molar-refractivity contribution in [3.8, 4) is 0 Å². The Balaban J connectivity index is 2.12. The summed E-state index contributed by atoms with van der Waals surface area (Å²) in [6.45, 7) is 1.80. The third-order valence-corrected chi connectivity index (χ3v) is 3.06. The zero-order valence-electron chi connectivity index (χ0n) is 9.83. The third-order valence-electron chi connectivity index (χ3n) is 2.66. The number of halogens is 1. The molecule has 1 aromatic rings. The largest absolute Gasteiger partial charge is 0.358 e. The molecule has 6 heteroatoms. The van der Waals surface area contributed by atoms with Crippen molar-refractivity contribution in [1.82, 2.24) is 15.3 Å². The van der Waals surface area contributed by atoms with Crippen molar-refractivity contribution in [1.29, 1.82) is 0 Å². The molecule has 1 saturated carbocycles. The SMILES string of the molecule is CNC(=O)C(C)Nc1cc(Br)nc(C2CC2)n1. The number of nitrogens with one attached hydrogen (secondary N) is 2. The molecule has 1 amide bonds. The smallest absolute Gasteiger partial charge is 0.241 e. The minimum Gasteiger partial charge on any atom is -0.358 e. The Bertz CT molecular complexity index is 433. The van der Waals surface area contributed by atoms with E-state index in [0.29, 0.717) is 11.7 Å². The number of anilines is 1. The summed E-state index contributed by atoms with van der Waals surface area (Å²) in [6.07, 6.45) is 2.31. The fourth-order valence-corrected chi connectivity index (χ4v) is 1.94. The molecule has 0 saturated heterocycles. The topological polar surface area (TPSA) is 66.9 Å². The summed E-state index contributed by atoms with van der Waals surface area (Å²) in [5.74, 6) is 1.96. The zero-order chi connectivity index (χ0) is 12.4. The van der Waals surface area contributed by atoms with E-state index in [1.807, 2.05) is 0 Å². The van der Waals surface area contributed by atoms with Gasteiger partial charge < -0.3 is 10.6 Å². The van der Waals surface area contributed by atoms with Crippen LogP contribution in [0.5, 0.6) is 0 Å². The van der Waals surface area contributed by atoms with Gasteiger partial charge in [0.2, 0.25) is 5.91 Å². The number of likely N-dealkylation sites (N-methyl/N-ethyl adjacent to an activating group) is 1. The van der Waals surface area contributed by atoms with E-state index in [1.54, 1.807) is 20.0 Å². The fraction of sp³-hybridized carbons (Fsp3) is 0.545. The molecule has 0 aromatic carbocycles. The number of hydrogen-bond acceptors (Lipinski definition) is 4. The number of rotatable bonds is 4. The number of amides is 1. The second-order valence-corrected chi connectivity index (χ2v) is 5.00. The second kappa shape index (κ2) is 5.00. The van der Waals surface area contributed by atoms with Gasteiger partial charge in [-0.25, -0.2) is 9.97 Å². The lowest BCUT2D eigenvalue weighted by Crippen LogP contribution is -2.35. The van der Waals surface area contributed by atoms with Crippen molar-refractivity contribution in [3.05, 3.63) is 16.5 Å². The molecule has 0 radical (unpaired) electrons. The van der Waals surface area contributed by atoms with Gasteiger partial charge in [-0.3, -0.25) is 4.79 Å². The van der Waals surface area contributed by atoms with Crippen LogP contribution in [0, 0.1) is 0 Å². The highest BCUT2D eigenvalue weighted by Gasteiger charge is 2.27. The Kier molecular flexibility index (Phi) is 3.61. The Morgan fingerprint density at radius 2 is 2.24 bits per heavy atom. The minimum atomic E-state index is -0.311. The van der Waals surface area contributed by atoms with Crippen LogP contribution in [-0.4, -0.2) is 29.0 Å². The highest BCUT2D eigenvalue weighted by Crippen LogP contribution is 2.38. The van der Waals surface area contributed by atoms with Gasteiger partial charge in [-0.1, -0.05) is 0 Å². The molecule has 2 N–H and O–H groups in total. The van der Waals surface area contributed by atoms with Crippen LogP contribution in [0.1, 0.15) is 31.5 Å². The summed E-state index contributed by atoms with van der Waals surface area (Å²) in [6, 6.07) is 1.47. The molecule has 1 aliphatic rings. The third kappa shape index (κ3) is 3.15. The number of hydrogen-bond donors (Lipinski definition) is 2. The van der Waals surface area contributed by atoms with Crippen LogP contribution in [0.25, 0.3) is 0 Å². The monoisotopic (exact) mass is 298 g/mol.